The molecule has 2 nitrogen and oxygen atoms in total. The van der Waals surface area contributed by atoms with Gasteiger partial charge in [0.25, 0.3) is 0 Å². The van der Waals surface area contributed by atoms with Crippen molar-refractivity contribution >= 4 is 0 Å². The Labute approximate surface area is 130 Å². The highest BCUT2D eigenvalue weighted by atomic mass is 15.3. The second-order valence-corrected chi connectivity index (χ2v) is 7.54. The molecule has 0 radical (unpaired) electrons. The lowest BCUT2D eigenvalue weighted by Gasteiger charge is -2.23. The molecular formula is C18H43N2+. The molecule has 0 atom stereocenters. The standard InChI is InChI=1S/C15H34N.C3H9N/c1-5-6-7-8-9-10-11-12-13-14-15-16(2,3)4;1-4(2)3/h5-15H2,1-4H3;1-3H3/q+1;. The molecule has 0 amide bonds. The Morgan fingerprint density at radius 3 is 1.20 bits per heavy atom. The summed E-state index contributed by atoms with van der Waals surface area (Å²) in [6.07, 6.45) is 14.4. The first-order valence-electron chi connectivity index (χ1n) is 8.71. The van der Waals surface area contributed by atoms with Crippen LogP contribution in [0.5, 0.6) is 0 Å². The van der Waals surface area contributed by atoms with Crippen molar-refractivity contribution < 1.29 is 4.48 Å². The van der Waals surface area contributed by atoms with Gasteiger partial charge in [0.1, 0.15) is 0 Å². The predicted molar refractivity (Wildman–Crippen MR) is 94.4 cm³/mol. The maximum Gasteiger partial charge on any atom is 0.0780 e. The zero-order valence-corrected chi connectivity index (χ0v) is 15.7. The first kappa shape index (κ1) is 22.2. The molecule has 0 saturated carbocycles. The summed E-state index contributed by atoms with van der Waals surface area (Å²) < 4.78 is 1.12. The summed E-state index contributed by atoms with van der Waals surface area (Å²) in [7, 11) is 12.9. The van der Waals surface area contributed by atoms with Crippen LogP contribution < -0.4 is 0 Å². The smallest absolute Gasteiger partial charge is 0.0780 e. The quantitative estimate of drug-likeness (QED) is 0.390. The highest BCUT2D eigenvalue weighted by molar-refractivity contribution is 4.47. The second kappa shape index (κ2) is 15.3. The highest BCUT2D eigenvalue weighted by Crippen LogP contribution is 2.10. The van der Waals surface area contributed by atoms with Crippen LogP contribution in [0.4, 0.5) is 0 Å². The van der Waals surface area contributed by atoms with Crippen LogP contribution >= 0.6 is 0 Å². The van der Waals surface area contributed by atoms with Gasteiger partial charge in [0, 0.05) is 0 Å². The lowest BCUT2D eigenvalue weighted by Crippen LogP contribution is -2.35. The number of unbranched alkanes of at least 4 members (excludes halogenated alkanes) is 9. The fraction of sp³-hybridized carbons (Fsp3) is 1.00. The van der Waals surface area contributed by atoms with Crippen LogP contribution in [-0.4, -0.2) is 58.2 Å². The van der Waals surface area contributed by atoms with Crippen molar-refractivity contribution in [3.05, 3.63) is 0 Å². The van der Waals surface area contributed by atoms with Crippen LogP contribution in [0.2, 0.25) is 0 Å². The molecule has 0 aliphatic carbocycles. The third kappa shape index (κ3) is 30.7. The molecule has 0 unspecified atom stereocenters. The molecule has 20 heavy (non-hydrogen) atoms. The van der Waals surface area contributed by atoms with E-state index < -0.39 is 0 Å². The van der Waals surface area contributed by atoms with E-state index in [4.69, 9.17) is 0 Å². The molecule has 0 fully saturated rings. The number of quaternary nitrogens is 1. The summed E-state index contributed by atoms with van der Waals surface area (Å²) in [5, 5.41) is 0. The van der Waals surface area contributed by atoms with E-state index in [1.807, 2.05) is 26.0 Å². The van der Waals surface area contributed by atoms with Gasteiger partial charge in [-0.25, -0.2) is 0 Å². The van der Waals surface area contributed by atoms with Gasteiger partial charge in [-0.15, -0.1) is 0 Å². The number of nitrogens with zero attached hydrogens (tertiary/aromatic N) is 2. The molecule has 0 N–H and O–H groups in total. The topological polar surface area (TPSA) is 3.24 Å². The van der Waals surface area contributed by atoms with Crippen LogP contribution in [0.25, 0.3) is 0 Å². The van der Waals surface area contributed by atoms with Crippen molar-refractivity contribution in [3.8, 4) is 0 Å². The fourth-order valence-corrected chi connectivity index (χ4v) is 2.07. The Bertz CT molecular complexity index is 168. The van der Waals surface area contributed by atoms with Crippen molar-refractivity contribution in [1.82, 2.24) is 4.90 Å². The van der Waals surface area contributed by atoms with E-state index in [2.05, 4.69) is 28.1 Å². The van der Waals surface area contributed by atoms with Gasteiger partial charge in [-0.3, -0.25) is 0 Å². The molecule has 0 rings (SSSR count). The minimum Gasteiger partial charge on any atom is -0.331 e. The van der Waals surface area contributed by atoms with Crippen LogP contribution in [0.15, 0.2) is 0 Å². The fourth-order valence-electron chi connectivity index (χ4n) is 2.07. The molecule has 0 saturated heterocycles. The zero-order valence-electron chi connectivity index (χ0n) is 15.7. The summed E-state index contributed by atoms with van der Waals surface area (Å²) in [6.45, 7) is 3.62. The van der Waals surface area contributed by atoms with Gasteiger partial charge in [-0.2, -0.15) is 0 Å². The number of rotatable bonds is 11. The molecule has 0 aromatic carbocycles. The molecule has 0 heterocycles. The largest absolute Gasteiger partial charge is 0.331 e. The minimum atomic E-state index is 1.12. The average molecular weight is 288 g/mol. The second-order valence-electron chi connectivity index (χ2n) is 7.54. The van der Waals surface area contributed by atoms with E-state index in [1.165, 1.54) is 70.8 Å². The molecule has 0 aliphatic heterocycles. The average Bonchev–Trinajstić information content (AvgIpc) is 2.29. The molecule has 2 heteroatoms. The van der Waals surface area contributed by atoms with E-state index in [-0.39, 0.29) is 0 Å². The maximum atomic E-state index is 2.29. The first-order chi connectivity index (χ1) is 9.29. The SMILES string of the molecule is CCCCCCCCCCCC[N+](C)(C)C.CN(C)C. The molecular weight excluding hydrogens is 244 g/mol. The minimum absolute atomic E-state index is 1.12. The van der Waals surface area contributed by atoms with Gasteiger partial charge in [-0.1, -0.05) is 58.3 Å². The summed E-state index contributed by atoms with van der Waals surface area (Å²) in [5.41, 5.74) is 0. The Balaban J connectivity index is 0. The van der Waals surface area contributed by atoms with Gasteiger partial charge in [0.2, 0.25) is 0 Å². The van der Waals surface area contributed by atoms with Crippen molar-refractivity contribution in [2.75, 3.05) is 48.8 Å². The van der Waals surface area contributed by atoms with E-state index in [0.29, 0.717) is 0 Å². The van der Waals surface area contributed by atoms with Gasteiger partial charge < -0.3 is 9.38 Å². The van der Waals surface area contributed by atoms with Crippen LogP contribution in [-0.2, 0) is 0 Å². The van der Waals surface area contributed by atoms with Crippen molar-refractivity contribution in [2.24, 2.45) is 0 Å². The first-order valence-corrected chi connectivity index (χ1v) is 8.71. The van der Waals surface area contributed by atoms with E-state index in [0.717, 1.165) is 4.48 Å². The summed E-state index contributed by atoms with van der Waals surface area (Å²) in [4.78, 5) is 2.00. The van der Waals surface area contributed by atoms with Crippen LogP contribution in [0.1, 0.15) is 71.1 Å². The number of hydrogen-bond donors (Lipinski definition) is 0. The summed E-state index contributed by atoms with van der Waals surface area (Å²) >= 11 is 0. The molecule has 0 aromatic rings. The lowest BCUT2D eigenvalue weighted by molar-refractivity contribution is -0.870. The highest BCUT2D eigenvalue weighted by Gasteiger charge is 2.04. The van der Waals surface area contributed by atoms with Crippen LogP contribution in [0.3, 0.4) is 0 Å². The third-order valence-corrected chi connectivity index (χ3v) is 3.18. The Kier molecular flexibility index (Phi) is 17.0. The van der Waals surface area contributed by atoms with Crippen LogP contribution in [0, 0.1) is 0 Å². The third-order valence-electron chi connectivity index (χ3n) is 3.18. The zero-order chi connectivity index (χ0) is 15.9. The van der Waals surface area contributed by atoms with E-state index >= 15 is 0 Å². The Morgan fingerprint density at radius 1 is 0.600 bits per heavy atom. The summed E-state index contributed by atoms with van der Waals surface area (Å²) in [6, 6.07) is 0. The van der Waals surface area contributed by atoms with Crippen molar-refractivity contribution in [1.29, 1.82) is 0 Å². The van der Waals surface area contributed by atoms with Crippen molar-refractivity contribution in [3.63, 3.8) is 0 Å². The van der Waals surface area contributed by atoms with Gasteiger partial charge in [-0.05, 0) is 34.0 Å². The monoisotopic (exact) mass is 287 g/mol. The molecule has 0 aromatic heterocycles. The molecule has 0 spiro atoms. The summed E-state index contributed by atoms with van der Waals surface area (Å²) in [5.74, 6) is 0. The Morgan fingerprint density at radius 2 is 0.900 bits per heavy atom. The van der Waals surface area contributed by atoms with Gasteiger partial charge >= 0.3 is 0 Å². The predicted octanol–water partition coefficient (Wildman–Crippen LogP) is 4.79. The molecule has 0 aliphatic rings. The van der Waals surface area contributed by atoms with E-state index in [9.17, 15) is 0 Å². The van der Waals surface area contributed by atoms with Gasteiger partial charge in [0.15, 0.2) is 0 Å². The normalized spacial score (nSPS) is 11.4. The molecule has 0 bridgehead atoms. The maximum absolute atomic E-state index is 2.29. The van der Waals surface area contributed by atoms with Gasteiger partial charge in [0.05, 0.1) is 27.7 Å². The lowest BCUT2D eigenvalue weighted by atomic mass is 10.1. The molecule has 124 valence electrons. The number of hydrogen-bond acceptors (Lipinski definition) is 1. The van der Waals surface area contributed by atoms with E-state index in [1.54, 1.807) is 0 Å². The Hall–Kier alpha value is -0.0800. The van der Waals surface area contributed by atoms with Crippen molar-refractivity contribution in [2.45, 2.75) is 71.1 Å².